The number of hydrogen-bond donors (Lipinski definition) is 0. The van der Waals surface area contributed by atoms with E-state index in [1.54, 1.807) is 18.2 Å². The van der Waals surface area contributed by atoms with Gasteiger partial charge in [-0.25, -0.2) is 0 Å². The first-order valence-electron chi connectivity index (χ1n) is 4.03. The molecule has 0 radical (unpaired) electrons. The first kappa shape index (κ1) is 9.28. The van der Waals surface area contributed by atoms with Gasteiger partial charge in [0.1, 0.15) is 0 Å². The molecule has 0 amide bonds. The van der Waals surface area contributed by atoms with Gasteiger partial charge in [0.05, 0.1) is 0 Å². The van der Waals surface area contributed by atoms with Crippen molar-refractivity contribution in [3.8, 4) is 11.8 Å². The highest BCUT2D eigenvalue weighted by atomic mass is 16.1. The van der Waals surface area contributed by atoms with Crippen LogP contribution < -0.4 is 0 Å². The van der Waals surface area contributed by atoms with Crippen LogP contribution in [0.3, 0.4) is 0 Å². The summed E-state index contributed by atoms with van der Waals surface area (Å²) in [6.45, 7) is 3.52. The molecule has 1 rings (SSSR count). The third-order valence-corrected chi connectivity index (χ3v) is 1.48. The molecule has 64 valence electrons. The lowest BCUT2D eigenvalue weighted by Gasteiger charge is -1.89. The third kappa shape index (κ3) is 2.96. The van der Waals surface area contributed by atoms with E-state index in [4.69, 9.17) is 0 Å². The quantitative estimate of drug-likeness (QED) is 0.288. The number of allylic oxidation sites excluding steroid dienone is 1. The summed E-state index contributed by atoms with van der Waals surface area (Å²) < 4.78 is 0. The van der Waals surface area contributed by atoms with E-state index in [2.05, 4.69) is 18.4 Å². The fraction of sp³-hybridized carbons (Fsp3) is 0.0833. The summed E-state index contributed by atoms with van der Waals surface area (Å²) in [5, 5.41) is 0. The van der Waals surface area contributed by atoms with Crippen LogP contribution >= 0.6 is 0 Å². The van der Waals surface area contributed by atoms with Crippen LogP contribution in [0, 0.1) is 11.8 Å². The van der Waals surface area contributed by atoms with Crippen LogP contribution in [0.1, 0.15) is 16.8 Å². The van der Waals surface area contributed by atoms with Gasteiger partial charge in [-0.3, -0.25) is 4.79 Å². The summed E-state index contributed by atoms with van der Waals surface area (Å²) in [6, 6.07) is 9.02. The van der Waals surface area contributed by atoms with E-state index >= 15 is 0 Å². The Bertz CT molecular complexity index is 352. The lowest BCUT2D eigenvalue weighted by Crippen LogP contribution is -1.93. The fourth-order valence-electron chi connectivity index (χ4n) is 0.865. The Kier molecular flexibility index (Phi) is 3.53. The highest BCUT2D eigenvalue weighted by Gasteiger charge is 1.97. The van der Waals surface area contributed by atoms with Crippen LogP contribution in [-0.4, -0.2) is 5.78 Å². The van der Waals surface area contributed by atoms with E-state index in [9.17, 15) is 4.79 Å². The summed E-state index contributed by atoms with van der Waals surface area (Å²) in [4.78, 5) is 11.3. The molecular formula is C12H10O. The zero-order valence-electron chi connectivity index (χ0n) is 7.29. The van der Waals surface area contributed by atoms with E-state index in [1.807, 2.05) is 18.2 Å². The van der Waals surface area contributed by atoms with Crippen molar-refractivity contribution in [2.45, 2.75) is 6.42 Å². The standard InChI is InChI=1S/C12H10O/c1-2-3-5-10-12(13)11-8-6-4-7-9-11/h2,4,6-9H,1,3H2. The van der Waals surface area contributed by atoms with Crippen molar-refractivity contribution in [1.82, 2.24) is 0 Å². The maximum atomic E-state index is 11.3. The molecule has 1 heteroatoms. The minimum Gasteiger partial charge on any atom is -0.279 e. The van der Waals surface area contributed by atoms with Crippen molar-refractivity contribution in [1.29, 1.82) is 0 Å². The topological polar surface area (TPSA) is 17.1 Å². The van der Waals surface area contributed by atoms with Gasteiger partial charge in [-0.1, -0.05) is 42.3 Å². The van der Waals surface area contributed by atoms with E-state index < -0.39 is 0 Å². The molecule has 0 saturated heterocycles. The molecule has 0 saturated carbocycles. The van der Waals surface area contributed by atoms with Crippen molar-refractivity contribution < 1.29 is 4.79 Å². The van der Waals surface area contributed by atoms with Gasteiger partial charge in [0.15, 0.2) is 0 Å². The average Bonchev–Trinajstić information content (AvgIpc) is 2.19. The smallest absolute Gasteiger partial charge is 0.235 e. The van der Waals surface area contributed by atoms with Crippen molar-refractivity contribution in [3.63, 3.8) is 0 Å². The second-order valence-corrected chi connectivity index (χ2v) is 2.49. The van der Waals surface area contributed by atoms with Gasteiger partial charge in [0.2, 0.25) is 5.78 Å². The zero-order chi connectivity index (χ0) is 9.52. The van der Waals surface area contributed by atoms with Gasteiger partial charge in [-0.05, 0) is 5.92 Å². The number of ketones is 1. The molecule has 1 aromatic rings. The van der Waals surface area contributed by atoms with Crippen LogP contribution in [0.2, 0.25) is 0 Å². The number of carbonyl (C=O) groups is 1. The van der Waals surface area contributed by atoms with Crippen LogP contribution in [0.25, 0.3) is 0 Å². The van der Waals surface area contributed by atoms with Gasteiger partial charge < -0.3 is 0 Å². The van der Waals surface area contributed by atoms with E-state index in [-0.39, 0.29) is 5.78 Å². The largest absolute Gasteiger partial charge is 0.279 e. The second-order valence-electron chi connectivity index (χ2n) is 2.49. The Morgan fingerprint density at radius 1 is 1.38 bits per heavy atom. The molecular weight excluding hydrogens is 160 g/mol. The maximum Gasteiger partial charge on any atom is 0.235 e. The number of benzene rings is 1. The molecule has 0 unspecified atom stereocenters. The molecule has 0 atom stereocenters. The molecule has 0 spiro atoms. The van der Waals surface area contributed by atoms with Gasteiger partial charge in [-0.15, -0.1) is 6.58 Å². The highest BCUT2D eigenvalue weighted by molar-refractivity contribution is 6.08. The molecule has 13 heavy (non-hydrogen) atoms. The molecule has 1 nitrogen and oxygen atoms in total. The maximum absolute atomic E-state index is 11.3. The molecule has 0 N–H and O–H groups in total. The summed E-state index contributed by atoms with van der Waals surface area (Å²) >= 11 is 0. The Labute approximate surface area is 78.1 Å². The van der Waals surface area contributed by atoms with Crippen molar-refractivity contribution in [3.05, 3.63) is 48.6 Å². The first-order valence-corrected chi connectivity index (χ1v) is 4.03. The molecule has 0 aliphatic carbocycles. The van der Waals surface area contributed by atoms with E-state index in [1.165, 1.54) is 0 Å². The third-order valence-electron chi connectivity index (χ3n) is 1.48. The molecule has 0 bridgehead atoms. The molecule has 1 aromatic carbocycles. The summed E-state index contributed by atoms with van der Waals surface area (Å²) in [5.74, 6) is 5.12. The van der Waals surface area contributed by atoms with E-state index in [0.29, 0.717) is 12.0 Å². The normalized spacial score (nSPS) is 8.31. The average molecular weight is 170 g/mol. The van der Waals surface area contributed by atoms with Crippen LogP contribution in [-0.2, 0) is 0 Å². The Morgan fingerprint density at radius 2 is 2.08 bits per heavy atom. The Balaban J connectivity index is 2.71. The van der Waals surface area contributed by atoms with Gasteiger partial charge in [0.25, 0.3) is 0 Å². The first-order chi connectivity index (χ1) is 6.34. The van der Waals surface area contributed by atoms with Crippen LogP contribution in [0.15, 0.2) is 43.0 Å². The van der Waals surface area contributed by atoms with Crippen molar-refractivity contribution in [2.75, 3.05) is 0 Å². The molecule has 0 heterocycles. The van der Waals surface area contributed by atoms with Crippen molar-refractivity contribution in [2.24, 2.45) is 0 Å². The minimum atomic E-state index is -0.137. The zero-order valence-corrected chi connectivity index (χ0v) is 7.29. The number of hydrogen-bond acceptors (Lipinski definition) is 1. The fourth-order valence-corrected chi connectivity index (χ4v) is 0.865. The predicted octanol–water partition coefficient (Wildman–Crippen LogP) is 2.45. The van der Waals surface area contributed by atoms with Crippen LogP contribution in [0.5, 0.6) is 0 Å². The molecule has 0 aromatic heterocycles. The van der Waals surface area contributed by atoms with Gasteiger partial charge in [0, 0.05) is 12.0 Å². The second kappa shape index (κ2) is 4.95. The SMILES string of the molecule is C=CCC#CC(=O)c1ccccc1. The predicted molar refractivity (Wildman–Crippen MR) is 53.4 cm³/mol. The van der Waals surface area contributed by atoms with Gasteiger partial charge >= 0.3 is 0 Å². The number of Topliss-reactive ketones (excluding diaryl/α,β-unsaturated/α-hetero) is 1. The lowest BCUT2D eigenvalue weighted by atomic mass is 10.1. The molecule has 0 aliphatic heterocycles. The molecule has 0 aliphatic rings. The monoisotopic (exact) mass is 170 g/mol. The van der Waals surface area contributed by atoms with Crippen LogP contribution in [0.4, 0.5) is 0 Å². The molecule has 0 fully saturated rings. The summed E-state index contributed by atoms with van der Waals surface area (Å²) in [7, 11) is 0. The number of rotatable bonds is 2. The summed E-state index contributed by atoms with van der Waals surface area (Å²) in [5.41, 5.74) is 0.638. The summed E-state index contributed by atoms with van der Waals surface area (Å²) in [6.07, 6.45) is 2.23. The van der Waals surface area contributed by atoms with E-state index in [0.717, 1.165) is 0 Å². The highest BCUT2D eigenvalue weighted by Crippen LogP contribution is 1.98. The van der Waals surface area contributed by atoms with Gasteiger partial charge in [-0.2, -0.15) is 0 Å². The minimum absolute atomic E-state index is 0.137. The van der Waals surface area contributed by atoms with Crippen molar-refractivity contribution >= 4 is 5.78 Å². The Morgan fingerprint density at radius 3 is 2.69 bits per heavy atom. The Hall–Kier alpha value is -1.81. The number of carbonyl (C=O) groups excluding carboxylic acids is 1. The lowest BCUT2D eigenvalue weighted by molar-refractivity contribution is 0.105.